The summed E-state index contributed by atoms with van der Waals surface area (Å²) in [6, 6.07) is 3.53. The molecule has 26 heavy (non-hydrogen) atoms. The molecule has 4 rings (SSSR count). The summed E-state index contributed by atoms with van der Waals surface area (Å²) in [6.07, 6.45) is 6.08. The Morgan fingerprint density at radius 2 is 2.15 bits per heavy atom. The maximum atomic E-state index is 15.4. The van der Waals surface area contributed by atoms with E-state index < -0.39 is 23.0 Å². The van der Waals surface area contributed by atoms with E-state index in [0.29, 0.717) is 5.69 Å². The van der Waals surface area contributed by atoms with Crippen molar-refractivity contribution in [2.24, 2.45) is 5.41 Å². The second kappa shape index (κ2) is 5.87. The second-order valence-corrected chi connectivity index (χ2v) is 6.70. The highest BCUT2D eigenvalue weighted by atomic mass is 19.1. The molecule has 0 aliphatic carbocycles. The van der Waals surface area contributed by atoms with Crippen LogP contribution < -0.4 is 0 Å². The number of aromatic nitrogens is 3. The molecular formula is C17H17FN4O4. The van der Waals surface area contributed by atoms with Gasteiger partial charge >= 0.3 is 5.97 Å². The van der Waals surface area contributed by atoms with Crippen LogP contribution in [0.3, 0.4) is 0 Å². The van der Waals surface area contributed by atoms with E-state index in [1.54, 1.807) is 24.5 Å². The van der Waals surface area contributed by atoms with Crippen molar-refractivity contribution in [1.29, 1.82) is 0 Å². The lowest BCUT2D eigenvalue weighted by Gasteiger charge is -2.38. The molecule has 2 atom stereocenters. The van der Waals surface area contributed by atoms with Crippen LogP contribution in [-0.2, 0) is 9.53 Å². The number of pyridine rings is 1. The van der Waals surface area contributed by atoms with Gasteiger partial charge in [0.15, 0.2) is 5.67 Å². The largest absolute Gasteiger partial charge is 0.481 e. The van der Waals surface area contributed by atoms with Gasteiger partial charge in [-0.1, -0.05) is 0 Å². The normalized spacial score (nSPS) is 28.0. The number of carbonyl (C=O) groups is 2. The molecule has 136 valence electrons. The Balaban J connectivity index is 1.60. The van der Waals surface area contributed by atoms with Gasteiger partial charge in [-0.25, -0.2) is 9.07 Å². The fourth-order valence-electron chi connectivity index (χ4n) is 3.66. The molecule has 1 N–H and O–H groups in total. The number of aliphatic carboxylic acids is 1. The number of ether oxygens (including phenoxy) is 1. The summed E-state index contributed by atoms with van der Waals surface area (Å²) in [7, 11) is 0. The minimum absolute atomic E-state index is 0.0436. The van der Waals surface area contributed by atoms with Crippen LogP contribution in [0.4, 0.5) is 4.39 Å². The Hall–Kier alpha value is -2.81. The molecule has 0 radical (unpaired) electrons. The molecule has 0 bridgehead atoms. The van der Waals surface area contributed by atoms with Crippen LogP contribution in [0.15, 0.2) is 36.9 Å². The zero-order chi connectivity index (χ0) is 18.4. The monoisotopic (exact) mass is 360 g/mol. The van der Waals surface area contributed by atoms with E-state index in [1.165, 1.54) is 22.0 Å². The minimum atomic E-state index is -1.99. The Morgan fingerprint density at radius 1 is 1.31 bits per heavy atom. The van der Waals surface area contributed by atoms with Crippen molar-refractivity contribution in [2.75, 3.05) is 26.3 Å². The second-order valence-electron chi connectivity index (χ2n) is 6.70. The minimum Gasteiger partial charge on any atom is -0.481 e. The van der Waals surface area contributed by atoms with Crippen molar-refractivity contribution >= 4 is 11.9 Å². The van der Waals surface area contributed by atoms with E-state index in [4.69, 9.17) is 4.74 Å². The first-order valence-electron chi connectivity index (χ1n) is 8.20. The van der Waals surface area contributed by atoms with E-state index >= 15 is 4.39 Å². The van der Waals surface area contributed by atoms with Gasteiger partial charge < -0.3 is 14.7 Å². The van der Waals surface area contributed by atoms with Crippen LogP contribution in [0, 0.1) is 5.41 Å². The predicted octanol–water partition coefficient (Wildman–Crippen LogP) is 0.923. The average Bonchev–Trinajstić information content (AvgIpc) is 3.24. The van der Waals surface area contributed by atoms with Gasteiger partial charge in [0.2, 0.25) is 0 Å². The summed E-state index contributed by atoms with van der Waals surface area (Å²) in [5.74, 6) is -1.73. The van der Waals surface area contributed by atoms with Crippen molar-refractivity contribution in [3.05, 3.63) is 42.5 Å². The molecule has 1 amide bonds. The van der Waals surface area contributed by atoms with Crippen LogP contribution in [0.1, 0.15) is 16.8 Å². The number of halogens is 1. The molecule has 2 aliphatic rings. The third kappa shape index (κ3) is 2.38. The number of carbonyl (C=O) groups excluding carboxylic acids is 1. The summed E-state index contributed by atoms with van der Waals surface area (Å²) in [4.78, 5) is 29.8. The van der Waals surface area contributed by atoms with Crippen LogP contribution >= 0.6 is 0 Å². The fourth-order valence-corrected chi connectivity index (χ4v) is 3.66. The quantitative estimate of drug-likeness (QED) is 0.874. The number of hydrogen-bond acceptors (Lipinski definition) is 5. The fraction of sp³-hybridized carbons (Fsp3) is 0.412. The zero-order valence-electron chi connectivity index (χ0n) is 13.8. The summed E-state index contributed by atoms with van der Waals surface area (Å²) in [5, 5.41) is 13.7. The highest BCUT2D eigenvalue weighted by Gasteiger charge is 2.66. The number of rotatable bonds is 3. The molecular weight excluding hydrogens is 343 g/mol. The molecule has 0 spiro atoms. The van der Waals surface area contributed by atoms with E-state index in [-0.39, 0.29) is 38.3 Å². The summed E-state index contributed by atoms with van der Waals surface area (Å²) < 4.78 is 22.1. The van der Waals surface area contributed by atoms with Crippen LogP contribution in [0.25, 0.3) is 5.69 Å². The molecule has 0 unspecified atom stereocenters. The summed E-state index contributed by atoms with van der Waals surface area (Å²) >= 11 is 0. The van der Waals surface area contributed by atoms with Gasteiger partial charge in [0.05, 0.1) is 36.8 Å². The van der Waals surface area contributed by atoms with E-state index in [9.17, 15) is 14.7 Å². The standard InChI is InChI=1S/C17H17FN4O4/c18-17-3-5-26-11-16(17,15(24)25)9-21(10-17)14(23)12-6-20-22(8-12)13-2-1-4-19-7-13/h1-2,4,6-8H,3,5,9-11H2,(H,24,25)/t16-,17+/m1/s1. The molecule has 0 aromatic carbocycles. The molecule has 2 saturated heterocycles. The molecule has 2 fully saturated rings. The highest BCUT2D eigenvalue weighted by Crippen LogP contribution is 2.48. The van der Waals surface area contributed by atoms with Crippen LogP contribution in [-0.4, -0.2) is 68.6 Å². The maximum Gasteiger partial charge on any atom is 0.317 e. The molecule has 2 aromatic rings. The first kappa shape index (κ1) is 16.6. The molecule has 9 heteroatoms. The number of hydrogen-bond donors (Lipinski definition) is 1. The van der Waals surface area contributed by atoms with Crippen molar-refractivity contribution in [3.8, 4) is 5.69 Å². The SMILES string of the molecule is O=C(c1cnn(-c2cccnc2)c1)N1C[C@@]2(F)CCOC[C@@]2(C(=O)O)C1. The van der Waals surface area contributed by atoms with Gasteiger partial charge in [-0.15, -0.1) is 0 Å². The van der Waals surface area contributed by atoms with Gasteiger partial charge in [0.1, 0.15) is 5.41 Å². The lowest BCUT2D eigenvalue weighted by molar-refractivity contribution is -0.171. The maximum absolute atomic E-state index is 15.4. The van der Waals surface area contributed by atoms with Crippen LogP contribution in [0.2, 0.25) is 0 Å². The first-order valence-corrected chi connectivity index (χ1v) is 8.20. The van der Waals surface area contributed by atoms with Gasteiger partial charge in [-0.3, -0.25) is 14.6 Å². The number of amides is 1. The number of carboxylic acids is 1. The molecule has 2 aliphatic heterocycles. The Bertz CT molecular complexity index is 857. The third-order valence-electron chi connectivity index (χ3n) is 5.19. The number of carboxylic acid groups (broad SMARTS) is 1. The van der Waals surface area contributed by atoms with E-state index in [0.717, 1.165) is 0 Å². The summed E-state index contributed by atoms with van der Waals surface area (Å²) in [6.45, 7) is -0.584. The number of nitrogens with zero attached hydrogens (tertiary/aromatic N) is 4. The highest BCUT2D eigenvalue weighted by molar-refractivity contribution is 5.95. The third-order valence-corrected chi connectivity index (χ3v) is 5.19. The van der Waals surface area contributed by atoms with Crippen molar-refractivity contribution in [2.45, 2.75) is 12.1 Å². The lowest BCUT2D eigenvalue weighted by Crippen LogP contribution is -2.56. The van der Waals surface area contributed by atoms with Gasteiger partial charge in [-0.05, 0) is 12.1 Å². The molecule has 8 nitrogen and oxygen atoms in total. The first-order chi connectivity index (χ1) is 12.5. The van der Waals surface area contributed by atoms with Crippen molar-refractivity contribution < 1.29 is 23.8 Å². The Labute approximate surface area is 148 Å². The number of fused-ring (bicyclic) bond motifs is 1. The summed E-state index contributed by atoms with van der Waals surface area (Å²) in [5.41, 5.74) is -2.77. The Kier molecular flexibility index (Phi) is 3.76. The van der Waals surface area contributed by atoms with Gasteiger partial charge in [0.25, 0.3) is 5.91 Å². The van der Waals surface area contributed by atoms with Crippen molar-refractivity contribution in [3.63, 3.8) is 0 Å². The molecule has 2 aromatic heterocycles. The topological polar surface area (TPSA) is 97.5 Å². The van der Waals surface area contributed by atoms with E-state index in [1.807, 2.05) is 0 Å². The number of alkyl halides is 1. The lowest BCUT2D eigenvalue weighted by atomic mass is 9.73. The van der Waals surface area contributed by atoms with E-state index in [2.05, 4.69) is 10.1 Å². The zero-order valence-corrected chi connectivity index (χ0v) is 13.8. The molecule has 0 saturated carbocycles. The molecule has 4 heterocycles. The van der Waals surface area contributed by atoms with Gasteiger partial charge in [-0.2, -0.15) is 5.10 Å². The van der Waals surface area contributed by atoms with Crippen molar-refractivity contribution in [1.82, 2.24) is 19.7 Å². The smallest absolute Gasteiger partial charge is 0.317 e. The Morgan fingerprint density at radius 3 is 2.85 bits per heavy atom. The predicted molar refractivity (Wildman–Crippen MR) is 86.6 cm³/mol. The van der Waals surface area contributed by atoms with Gasteiger partial charge in [0, 0.05) is 32.0 Å². The number of likely N-dealkylation sites (tertiary alicyclic amines) is 1. The average molecular weight is 360 g/mol. The van der Waals surface area contributed by atoms with Crippen LogP contribution in [0.5, 0.6) is 0 Å².